The monoisotopic (exact) mass is 421 g/mol. The molecule has 180 valence electrons. The molecule has 0 aliphatic heterocycles. The predicted octanol–water partition coefficient (Wildman–Crippen LogP) is 10.7. The van der Waals surface area contributed by atoms with Crippen molar-refractivity contribution in [2.24, 2.45) is 10.4 Å². The molecular formula is C29H59N. The zero-order chi connectivity index (χ0) is 22.6. The molecule has 0 aromatic heterocycles. The molecule has 0 aromatic carbocycles. The van der Waals surface area contributed by atoms with E-state index in [4.69, 9.17) is 4.99 Å². The Bertz CT molecular complexity index is 374. The van der Waals surface area contributed by atoms with E-state index in [2.05, 4.69) is 47.8 Å². The summed E-state index contributed by atoms with van der Waals surface area (Å²) in [7, 11) is 0. The highest BCUT2D eigenvalue weighted by molar-refractivity contribution is 5.65. The minimum Gasteiger partial charge on any atom is -0.291 e. The Labute approximate surface area is 192 Å². The van der Waals surface area contributed by atoms with Gasteiger partial charge in [0.05, 0.1) is 5.54 Å². The zero-order valence-electron chi connectivity index (χ0n) is 22.2. The molecule has 0 N–H and O–H groups in total. The van der Waals surface area contributed by atoms with Crippen molar-refractivity contribution in [2.75, 3.05) is 0 Å². The Morgan fingerprint density at radius 1 is 0.467 bits per heavy atom. The molecule has 0 heterocycles. The largest absolute Gasteiger partial charge is 0.291 e. The first-order valence-corrected chi connectivity index (χ1v) is 14.0. The van der Waals surface area contributed by atoms with Gasteiger partial charge in [0.2, 0.25) is 0 Å². The summed E-state index contributed by atoms with van der Waals surface area (Å²) < 4.78 is 0. The molecule has 0 saturated carbocycles. The van der Waals surface area contributed by atoms with E-state index in [-0.39, 0.29) is 5.54 Å². The number of hydrogen-bond acceptors (Lipinski definition) is 1. The Morgan fingerprint density at radius 3 is 1.27 bits per heavy atom. The molecule has 1 nitrogen and oxygen atoms in total. The van der Waals surface area contributed by atoms with Crippen LogP contribution in [0.2, 0.25) is 0 Å². The van der Waals surface area contributed by atoms with Crippen molar-refractivity contribution in [3.8, 4) is 0 Å². The lowest BCUT2D eigenvalue weighted by Gasteiger charge is -2.30. The van der Waals surface area contributed by atoms with Gasteiger partial charge in [-0.25, -0.2) is 0 Å². The highest BCUT2D eigenvalue weighted by Gasteiger charge is 2.26. The van der Waals surface area contributed by atoms with Crippen molar-refractivity contribution in [1.82, 2.24) is 0 Å². The van der Waals surface area contributed by atoms with Gasteiger partial charge in [-0.05, 0) is 32.6 Å². The Morgan fingerprint density at radius 2 is 0.800 bits per heavy atom. The van der Waals surface area contributed by atoms with E-state index < -0.39 is 0 Å². The lowest BCUT2D eigenvalue weighted by Crippen LogP contribution is -2.26. The standard InChI is InChI=1S/C29H59N/c1-7-11-15-18-20-24-28(5,23-19-14-10-4)27-30-29(6,25-21-16-12-8-2)26-22-17-13-9-3/h27H,7-26H2,1-6H3. The maximum atomic E-state index is 5.39. The molecule has 0 amide bonds. The van der Waals surface area contributed by atoms with Crippen LogP contribution in [0.25, 0.3) is 0 Å². The summed E-state index contributed by atoms with van der Waals surface area (Å²) in [6.07, 6.45) is 29.4. The molecule has 1 atom stereocenters. The molecule has 0 rings (SSSR count). The van der Waals surface area contributed by atoms with Gasteiger partial charge in [-0.1, -0.05) is 137 Å². The van der Waals surface area contributed by atoms with Gasteiger partial charge in [-0.3, -0.25) is 4.99 Å². The molecular weight excluding hydrogens is 362 g/mol. The van der Waals surface area contributed by atoms with Gasteiger partial charge in [0, 0.05) is 11.6 Å². The van der Waals surface area contributed by atoms with Gasteiger partial charge in [-0.2, -0.15) is 0 Å². The number of nitrogens with zero attached hydrogens (tertiary/aromatic N) is 1. The SMILES string of the molecule is CCCCCCCC(C)(C=NC(C)(CCCCCC)CCCCCC)CCCCC. The summed E-state index contributed by atoms with van der Waals surface area (Å²) in [6, 6.07) is 0. The summed E-state index contributed by atoms with van der Waals surface area (Å²) in [4.78, 5) is 5.39. The van der Waals surface area contributed by atoms with Crippen LogP contribution < -0.4 is 0 Å². The van der Waals surface area contributed by atoms with E-state index in [0.717, 1.165) is 0 Å². The van der Waals surface area contributed by atoms with E-state index in [1.54, 1.807) is 0 Å². The first-order valence-electron chi connectivity index (χ1n) is 14.0. The molecule has 0 aliphatic carbocycles. The fraction of sp³-hybridized carbons (Fsp3) is 0.966. The fourth-order valence-electron chi connectivity index (χ4n) is 4.60. The number of aliphatic imine (C=N–C) groups is 1. The lowest BCUT2D eigenvalue weighted by atomic mass is 9.80. The third-order valence-corrected chi connectivity index (χ3v) is 7.03. The van der Waals surface area contributed by atoms with Crippen LogP contribution in [-0.4, -0.2) is 11.8 Å². The molecule has 30 heavy (non-hydrogen) atoms. The van der Waals surface area contributed by atoms with E-state index in [1.807, 2.05) is 0 Å². The van der Waals surface area contributed by atoms with Crippen molar-refractivity contribution in [3.05, 3.63) is 0 Å². The van der Waals surface area contributed by atoms with Crippen LogP contribution >= 0.6 is 0 Å². The summed E-state index contributed by atoms with van der Waals surface area (Å²) >= 11 is 0. The van der Waals surface area contributed by atoms with E-state index in [9.17, 15) is 0 Å². The molecule has 0 radical (unpaired) electrons. The Balaban J connectivity index is 5.01. The van der Waals surface area contributed by atoms with Gasteiger partial charge in [-0.15, -0.1) is 0 Å². The normalized spacial score (nSPS) is 14.5. The molecule has 0 aliphatic rings. The average molecular weight is 422 g/mol. The van der Waals surface area contributed by atoms with E-state index in [0.29, 0.717) is 5.41 Å². The van der Waals surface area contributed by atoms with Gasteiger partial charge in [0.15, 0.2) is 0 Å². The number of unbranched alkanes of at least 4 members (excludes halogenated alkanes) is 12. The maximum absolute atomic E-state index is 5.39. The lowest BCUT2D eigenvalue weighted by molar-refractivity contribution is 0.343. The first-order chi connectivity index (χ1) is 14.4. The summed E-state index contributed by atoms with van der Waals surface area (Å²) in [5.41, 5.74) is 0.463. The molecule has 1 heteroatoms. The van der Waals surface area contributed by atoms with Crippen molar-refractivity contribution in [2.45, 2.75) is 175 Å². The van der Waals surface area contributed by atoms with E-state index in [1.165, 1.54) is 128 Å². The zero-order valence-corrected chi connectivity index (χ0v) is 22.2. The minimum atomic E-state index is 0.162. The van der Waals surface area contributed by atoms with Crippen molar-refractivity contribution < 1.29 is 0 Å². The quantitative estimate of drug-likeness (QED) is 0.122. The second-order valence-electron chi connectivity index (χ2n) is 10.7. The van der Waals surface area contributed by atoms with Gasteiger partial charge < -0.3 is 0 Å². The molecule has 0 bridgehead atoms. The molecule has 0 saturated heterocycles. The predicted molar refractivity (Wildman–Crippen MR) is 140 cm³/mol. The van der Waals surface area contributed by atoms with E-state index >= 15 is 0 Å². The van der Waals surface area contributed by atoms with Crippen molar-refractivity contribution in [3.63, 3.8) is 0 Å². The molecule has 0 spiro atoms. The second kappa shape index (κ2) is 19.4. The second-order valence-corrected chi connectivity index (χ2v) is 10.7. The van der Waals surface area contributed by atoms with Gasteiger partial charge >= 0.3 is 0 Å². The van der Waals surface area contributed by atoms with Crippen LogP contribution in [0.4, 0.5) is 0 Å². The topological polar surface area (TPSA) is 12.4 Å². The van der Waals surface area contributed by atoms with Crippen LogP contribution in [0.3, 0.4) is 0 Å². The summed E-state index contributed by atoms with van der Waals surface area (Å²) in [6.45, 7) is 14.2. The van der Waals surface area contributed by atoms with Crippen LogP contribution in [0.1, 0.15) is 170 Å². The van der Waals surface area contributed by atoms with Crippen LogP contribution in [0.15, 0.2) is 4.99 Å². The fourth-order valence-corrected chi connectivity index (χ4v) is 4.60. The number of hydrogen-bond donors (Lipinski definition) is 0. The first kappa shape index (κ1) is 29.7. The Hall–Kier alpha value is -0.330. The maximum Gasteiger partial charge on any atom is 0.0576 e. The molecule has 1 unspecified atom stereocenters. The van der Waals surface area contributed by atoms with Gasteiger partial charge in [0.1, 0.15) is 0 Å². The molecule has 0 aromatic rings. The van der Waals surface area contributed by atoms with Crippen LogP contribution in [0, 0.1) is 5.41 Å². The minimum absolute atomic E-state index is 0.162. The highest BCUT2D eigenvalue weighted by Crippen LogP contribution is 2.33. The van der Waals surface area contributed by atoms with Crippen LogP contribution in [-0.2, 0) is 0 Å². The number of rotatable bonds is 22. The molecule has 0 fully saturated rings. The summed E-state index contributed by atoms with van der Waals surface area (Å²) in [5.74, 6) is 0. The van der Waals surface area contributed by atoms with Crippen molar-refractivity contribution >= 4 is 6.21 Å². The van der Waals surface area contributed by atoms with Crippen LogP contribution in [0.5, 0.6) is 0 Å². The highest BCUT2D eigenvalue weighted by atomic mass is 14.8. The van der Waals surface area contributed by atoms with Crippen molar-refractivity contribution in [1.29, 1.82) is 0 Å². The third-order valence-electron chi connectivity index (χ3n) is 7.03. The Kier molecular flexibility index (Phi) is 19.1. The smallest absolute Gasteiger partial charge is 0.0576 e. The third kappa shape index (κ3) is 16.4. The summed E-state index contributed by atoms with van der Waals surface area (Å²) in [5, 5.41) is 0. The average Bonchev–Trinajstić information content (AvgIpc) is 2.73. The van der Waals surface area contributed by atoms with Gasteiger partial charge in [0.25, 0.3) is 0 Å².